The van der Waals surface area contributed by atoms with E-state index >= 15 is 0 Å². The number of hydrogen-bond acceptors (Lipinski definition) is 4. The lowest BCUT2D eigenvalue weighted by atomic mass is 9.93. The number of rotatable bonds is 5. The molecule has 112 valence electrons. The van der Waals surface area contributed by atoms with E-state index in [-0.39, 0.29) is 10.6 Å². The van der Waals surface area contributed by atoms with E-state index in [2.05, 4.69) is 9.97 Å². The molecule has 1 aromatic heterocycles. The van der Waals surface area contributed by atoms with Gasteiger partial charge in [-0.05, 0) is 19.8 Å². The van der Waals surface area contributed by atoms with E-state index in [4.69, 9.17) is 5.73 Å². The van der Waals surface area contributed by atoms with Gasteiger partial charge in [-0.3, -0.25) is 10.1 Å². The van der Waals surface area contributed by atoms with Crippen LogP contribution in [0.3, 0.4) is 0 Å². The highest BCUT2D eigenvalue weighted by Crippen LogP contribution is 2.28. The fourth-order valence-corrected chi connectivity index (χ4v) is 2.28. The Morgan fingerprint density at radius 2 is 2.05 bits per heavy atom. The Hall–Kier alpha value is -2.21. The van der Waals surface area contributed by atoms with Gasteiger partial charge in [0.05, 0.1) is 22.4 Å². The normalized spacial score (nSPS) is 11.6. The first-order valence-corrected chi connectivity index (χ1v) is 7.01. The van der Waals surface area contributed by atoms with Crippen molar-refractivity contribution in [3.05, 3.63) is 45.9 Å². The van der Waals surface area contributed by atoms with Crippen molar-refractivity contribution in [1.82, 2.24) is 9.97 Å². The average Bonchev–Trinajstić information content (AvgIpc) is 2.97. The van der Waals surface area contributed by atoms with Crippen molar-refractivity contribution in [3.8, 4) is 11.3 Å². The minimum atomic E-state index is -0.491. The molecule has 0 amide bonds. The number of aromatic amines is 1. The van der Waals surface area contributed by atoms with Gasteiger partial charge in [-0.25, -0.2) is 4.98 Å². The molecule has 0 aliphatic carbocycles. The Labute approximate surface area is 123 Å². The lowest BCUT2D eigenvalue weighted by Gasteiger charge is -2.23. The van der Waals surface area contributed by atoms with Crippen LogP contribution < -0.4 is 5.73 Å². The topological polar surface area (TPSA) is 97.8 Å². The van der Waals surface area contributed by atoms with E-state index in [1.54, 1.807) is 25.3 Å². The second kappa shape index (κ2) is 5.65. The quantitative estimate of drug-likeness (QED) is 0.651. The van der Waals surface area contributed by atoms with Gasteiger partial charge in [0.15, 0.2) is 0 Å². The maximum atomic E-state index is 11.0. The third-order valence-corrected chi connectivity index (χ3v) is 4.03. The molecule has 0 saturated heterocycles. The first-order chi connectivity index (χ1) is 9.91. The van der Waals surface area contributed by atoms with Gasteiger partial charge in [0.25, 0.3) is 5.69 Å². The lowest BCUT2D eigenvalue weighted by Crippen LogP contribution is -2.36. The number of nitrogens with two attached hydrogens (primary N) is 1. The maximum absolute atomic E-state index is 11.0. The number of benzene rings is 1. The van der Waals surface area contributed by atoms with E-state index in [1.165, 1.54) is 0 Å². The number of nitro groups is 1. The minimum absolute atomic E-state index is 0.105. The van der Waals surface area contributed by atoms with Gasteiger partial charge in [0.1, 0.15) is 5.82 Å². The zero-order valence-corrected chi connectivity index (χ0v) is 12.5. The largest absolute Gasteiger partial charge is 0.340 e. The van der Waals surface area contributed by atoms with E-state index < -0.39 is 5.54 Å². The summed E-state index contributed by atoms with van der Waals surface area (Å²) >= 11 is 0. The van der Waals surface area contributed by atoms with Crippen LogP contribution in [0.1, 0.15) is 38.1 Å². The standard InChI is InChI=1S/C15H20N4O2/c1-4-15(16,5-2)14-17-9-12(18-14)11-7-6-10(3)13(8-11)19(20)21/h6-9H,4-5,16H2,1-3H3,(H,17,18). The molecule has 0 bridgehead atoms. The number of nitrogens with zero attached hydrogens (tertiary/aromatic N) is 2. The van der Waals surface area contributed by atoms with Crippen molar-refractivity contribution in [2.75, 3.05) is 0 Å². The number of H-pyrrole nitrogens is 1. The molecule has 2 aromatic rings. The Morgan fingerprint density at radius 1 is 1.38 bits per heavy atom. The summed E-state index contributed by atoms with van der Waals surface area (Å²) < 4.78 is 0. The Morgan fingerprint density at radius 3 is 2.62 bits per heavy atom. The molecule has 0 aliphatic rings. The van der Waals surface area contributed by atoms with Crippen LogP contribution in [-0.4, -0.2) is 14.9 Å². The summed E-state index contributed by atoms with van der Waals surface area (Å²) in [5.41, 5.74) is 8.04. The van der Waals surface area contributed by atoms with Gasteiger partial charge in [0.2, 0.25) is 0 Å². The highest BCUT2D eigenvalue weighted by Gasteiger charge is 2.26. The number of hydrogen-bond donors (Lipinski definition) is 2. The monoisotopic (exact) mass is 288 g/mol. The van der Waals surface area contributed by atoms with Crippen LogP contribution in [0, 0.1) is 17.0 Å². The highest BCUT2D eigenvalue weighted by atomic mass is 16.6. The molecule has 0 spiro atoms. The second-order valence-electron chi connectivity index (χ2n) is 5.27. The van der Waals surface area contributed by atoms with E-state index in [1.807, 2.05) is 19.9 Å². The highest BCUT2D eigenvalue weighted by molar-refractivity contribution is 5.63. The van der Waals surface area contributed by atoms with Crippen LogP contribution in [0.2, 0.25) is 0 Å². The molecule has 0 unspecified atom stereocenters. The number of aromatic nitrogens is 2. The second-order valence-corrected chi connectivity index (χ2v) is 5.27. The molecule has 0 saturated carbocycles. The van der Waals surface area contributed by atoms with Crippen molar-refractivity contribution in [3.63, 3.8) is 0 Å². The summed E-state index contributed by atoms with van der Waals surface area (Å²) in [4.78, 5) is 18.2. The van der Waals surface area contributed by atoms with Crippen LogP contribution >= 0.6 is 0 Å². The van der Waals surface area contributed by atoms with E-state index in [0.717, 1.165) is 24.1 Å². The van der Waals surface area contributed by atoms with Gasteiger partial charge in [0, 0.05) is 17.2 Å². The molecular formula is C15H20N4O2. The summed E-state index contributed by atoms with van der Waals surface area (Å²) in [5, 5.41) is 11.0. The van der Waals surface area contributed by atoms with Gasteiger partial charge in [-0.1, -0.05) is 26.0 Å². The predicted molar refractivity (Wildman–Crippen MR) is 81.9 cm³/mol. The van der Waals surface area contributed by atoms with Gasteiger partial charge >= 0.3 is 0 Å². The van der Waals surface area contributed by atoms with Crippen LogP contribution in [0.15, 0.2) is 24.4 Å². The smallest absolute Gasteiger partial charge is 0.272 e. The Bertz CT molecular complexity index is 659. The Kier molecular flexibility index (Phi) is 4.09. The molecular weight excluding hydrogens is 268 g/mol. The SMILES string of the molecule is CCC(N)(CC)c1ncc(-c2ccc(C)c([N+](=O)[O-])c2)[nH]1. The summed E-state index contributed by atoms with van der Waals surface area (Å²) in [6, 6.07) is 5.14. The number of imidazole rings is 1. The summed E-state index contributed by atoms with van der Waals surface area (Å²) in [7, 11) is 0. The first kappa shape index (κ1) is 15.2. The van der Waals surface area contributed by atoms with Crippen LogP contribution in [0.25, 0.3) is 11.3 Å². The van der Waals surface area contributed by atoms with Crippen molar-refractivity contribution >= 4 is 5.69 Å². The number of nitrogens with one attached hydrogen (secondary N) is 1. The van der Waals surface area contributed by atoms with Crippen LogP contribution in [0.5, 0.6) is 0 Å². The van der Waals surface area contributed by atoms with Crippen molar-refractivity contribution < 1.29 is 4.92 Å². The van der Waals surface area contributed by atoms with Crippen LogP contribution in [0.4, 0.5) is 5.69 Å². The Balaban J connectivity index is 2.43. The van der Waals surface area contributed by atoms with Crippen molar-refractivity contribution in [2.45, 2.75) is 39.2 Å². The van der Waals surface area contributed by atoms with Gasteiger partial charge in [-0.2, -0.15) is 0 Å². The molecule has 6 nitrogen and oxygen atoms in total. The fourth-order valence-electron chi connectivity index (χ4n) is 2.28. The third-order valence-electron chi connectivity index (χ3n) is 4.03. The summed E-state index contributed by atoms with van der Waals surface area (Å²) in [5.74, 6) is 0.714. The average molecular weight is 288 g/mol. The first-order valence-electron chi connectivity index (χ1n) is 7.01. The fraction of sp³-hybridized carbons (Fsp3) is 0.400. The molecule has 1 aromatic carbocycles. The molecule has 0 fully saturated rings. The third kappa shape index (κ3) is 2.80. The molecule has 0 atom stereocenters. The van der Waals surface area contributed by atoms with E-state index in [0.29, 0.717) is 11.4 Å². The minimum Gasteiger partial charge on any atom is -0.340 e. The number of aryl methyl sites for hydroxylation is 1. The summed E-state index contributed by atoms with van der Waals surface area (Å²) in [6.07, 6.45) is 3.21. The van der Waals surface area contributed by atoms with Crippen LogP contribution in [-0.2, 0) is 5.54 Å². The molecule has 6 heteroatoms. The maximum Gasteiger partial charge on any atom is 0.272 e. The van der Waals surface area contributed by atoms with E-state index in [9.17, 15) is 10.1 Å². The zero-order valence-electron chi connectivity index (χ0n) is 12.5. The van der Waals surface area contributed by atoms with Crippen molar-refractivity contribution in [1.29, 1.82) is 0 Å². The molecule has 0 radical (unpaired) electrons. The van der Waals surface area contributed by atoms with Gasteiger partial charge in [-0.15, -0.1) is 0 Å². The summed E-state index contributed by atoms with van der Waals surface area (Å²) in [6.45, 7) is 5.75. The molecule has 3 N–H and O–H groups in total. The number of nitro benzene ring substituents is 1. The van der Waals surface area contributed by atoms with Crippen molar-refractivity contribution in [2.24, 2.45) is 5.73 Å². The predicted octanol–water partition coefficient (Wildman–Crippen LogP) is 3.27. The molecule has 21 heavy (non-hydrogen) atoms. The lowest BCUT2D eigenvalue weighted by molar-refractivity contribution is -0.385. The zero-order chi connectivity index (χ0) is 15.6. The molecule has 2 rings (SSSR count). The molecule has 0 aliphatic heterocycles. The molecule has 1 heterocycles. The van der Waals surface area contributed by atoms with Gasteiger partial charge < -0.3 is 10.7 Å².